The van der Waals surface area contributed by atoms with E-state index in [-0.39, 0.29) is 25.4 Å². The molecule has 0 N–H and O–H groups in total. The summed E-state index contributed by atoms with van der Waals surface area (Å²) in [7, 11) is 0. The fourth-order valence-electron chi connectivity index (χ4n) is 2.10. The lowest BCUT2D eigenvalue weighted by molar-refractivity contribution is -0.139. The van der Waals surface area contributed by atoms with Gasteiger partial charge in [-0.2, -0.15) is 0 Å². The van der Waals surface area contributed by atoms with Crippen LogP contribution < -0.4 is 0 Å². The van der Waals surface area contributed by atoms with E-state index in [0.29, 0.717) is 11.1 Å². The molecule has 0 spiro atoms. The molecule has 6 nitrogen and oxygen atoms in total. The van der Waals surface area contributed by atoms with Gasteiger partial charge in [0.2, 0.25) is 0 Å². The molecular weight excluding hydrogens is 348 g/mol. The maximum Gasteiger partial charge on any atom is 0.338 e. The van der Waals surface area contributed by atoms with Gasteiger partial charge in [-0.05, 0) is 37.3 Å². The van der Waals surface area contributed by atoms with Crippen LogP contribution >= 0.6 is 0 Å². The average molecular weight is 368 g/mol. The van der Waals surface area contributed by atoms with Crippen molar-refractivity contribution in [1.29, 1.82) is 0 Å². The third-order valence-electron chi connectivity index (χ3n) is 3.46. The summed E-state index contributed by atoms with van der Waals surface area (Å²) in [6.07, 6.45) is 1.37. The van der Waals surface area contributed by atoms with Gasteiger partial charge >= 0.3 is 17.9 Å². The van der Waals surface area contributed by atoms with Crippen molar-refractivity contribution in [3.05, 3.63) is 83.4 Å². The molecule has 0 saturated heterocycles. The van der Waals surface area contributed by atoms with Gasteiger partial charge < -0.3 is 14.2 Å². The zero-order valence-corrected chi connectivity index (χ0v) is 14.9. The Morgan fingerprint density at radius 1 is 0.778 bits per heavy atom. The van der Waals surface area contributed by atoms with Crippen molar-refractivity contribution in [2.24, 2.45) is 0 Å². The van der Waals surface area contributed by atoms with Crippen LogP contribution in [-0.4, -0.2) is 37.7 Å². The highest BCUT2D eigenvalue weighted by atomic mass is 16.6. The highest BCUT2D eigenvalue weighted by molar-refractivity contribution is 5.92. The largest absolute Gasteiger partial charge is 0.463 e. The summed E-state index contributed by atoms with van der Waals surface area (Å²) in [5.74, 6) is -1.71. The van der Waals surface area contributed by atoms with Crippen LogP contribution in [0.15, 0.2) is 72.3 Å². The first kappa shape index (κ1) is 19.9. The Bertz CT molecular complexity index is 796. The number of carbonyl (C=O) groups is 3. The molecular formula is C21H20O6. The summed E-state index contributed by atoms with van der Waals surface area (Å²) in [5, 5.41) is 0. The fraction of sp³-hybridized carbons (Fsp3) is 0.190. The highest BCUT2D eigenvalue weighted by Crippen LogP contribution is 2.07. The molecule has 2 rings (SSSR count). The second kappa shape index (κ2) is 10.6. The van der Waals surface area contributed by atoms with Gasteiger partial charge in [0.25, 0.3) is 0 Å². The van der Waals surface area contributed by atoms with Crippen molar-refractivity contribution in [2.45, 2.75) is 6.92 Å². The van der Waals surface area contributed by atoms with Crippen molar-refractivity contribution >= 4 is 17.9 Å². The van der Waals surface area contributed by atoms with Crippen molar-refractivity contribution in [1.82, 2.24) is 0 Å². The Labute approximate surface area is 157 Å². The topological polar surface area (TPSA) is 78.9 Å². The van der Waals surface area contributed by atoms with E-state index >= 15 is 0 Å². The molecule has 2 aromatic rings. The first-order chi connectivity index (χ1) is 13.1. The number of hydrogen-bond acceptors (Lipinski definition) is 6. The molecule has 0 amide bonds. The Morgan fingerprint density at radius 2 is 1.30 bits per heavy atom. The Hall–Kier alpha value is -3.41. The van der Waals surface area contributed by atoms with Gasteiger partial charge in [0.05, 0.1) is 23.3 Å². The predicted molar refractivity (Wildman–Crippen MR) is 98.2 cm³/mol. The van der Waals surface area contributed by atoms with Gasteiger partial charge in [0, 0.05) is 0 Å². The Balaban J connectivity index is 1.96. The molecule has 27 heavy (non-hydrogen) atoms. The van der Waals surface area contributed by atoms with E-state index in [2.05, 4.69) is 0 Å². The summed E-state index contributed by atoms with van der Waals surface area (Å²) < 4.78 is 15.2. The van der Waals surface area contributed by atoms with Crippen LogP contribution in [0.5, 0.6) is 0 Å². The minimum absolute atomic E-state index is 0.0991. The van der Waals surface area contributed by atoms with Crippen LogP contribution in [0, 0.1) is 0 Å². The fourth-order valence-corrected chi connectivity index (χ4v) is 2.10. The third kappa shape index (κ3) is 6.43. The minimum Gasteiger partial charge on any atom is -0.463 e. The van der Waals surface area contributed by atoms with Gasteiger partial charge in [-0.3, -0.25) is 0 Å². The second-order valence-corrected chi connectivity index (χ2v) is 5.36. The number of rotatable bonds is 8. The lowest BCUT2D eigenvalue weighted by Gasteiger charge is -2.09. The average Bonchev–Trinajstić information content (AvgIpc) is 2.71. The molecule has 6 heteroatoms. The van der Waals surface area contributed by atoms with Crippen LogP contribution in [0.25, 0.3) is 0 Å². The molecule has 0 radical (unpaired) electrons. The van der Waals surface area contributed by atoms with E-state index in [4.69, 9.17) is 14.2 Å². The first-order valence-electron chi connectivity index (χ1n) is 8.42. The smallest absolute Gasteiger partial charge is 0.338 e. The van der Waals surface area contributed by atoms with Crippen LogP contribution in [0.1, 0.15) is 27.6 Å². The van der Waals surface area contributed by atoms with E-state index in [1.807, 2.05) is 0 Å². The predicted octanol–water partition coefficient (Wildman–Crippen LogP) is 3.19. The molecule has 0 bridgehead atoms. The molecule has 0 fully saturated rings. The highest BCUT2D eigenvalue weighted by Gasteiger charge is 2.15. The molecule has 0 aliphatic carbocycles. The van der Waals surface area contributed by atoms with E-state index in [1.165, 1.54) is 6.08 Å². The Morgan fingerprint density at radius 3 is 1.81 bits per heavy atom. The van der Waals surface area contributed by atoms with Crippen LogP contribution in [0.2, 0.25) is 0 Å². The van der Waals surface area contributed by atoms with Gasteiger partial charge in [0.1, 0.15) is 13.2 Å². The van der Waals surface area contributed by atoms with Gasteiger partial charge in [-0.15, -0.1) is 0 Å². The summed E-state index contributed by atoms with van der Waals surface area (Å²) >= 11 is 0. The van der Waals surface area contributed by atoms with E-state index < -0.39 is 17.9 Å². The maximum absolute atomic E-state index is 12.0. The summed E-state index contributed by atoms with van der Waals surface area (Å²) in [6, 6.07) is 16.9. The lowest BCUT2D eigenvalue weighted by Crippen LogP contribution is -2.17. The van der Waals surface area contributed by atoms with E-state index in [0.717, 1.165) is 0 Å². The number of carbonyl (C=O) groups excluding carboxylic acids is 3. The molecule has 0 aromatic heterocycles. The van der Waals surface area contributed by atoms with E-state index in [9.17, 15) is 14.4 Å². The summed E-state index contributed by atoms with van der Waals surface area (Å²) in [6.45, 7) is 1.41. The minimum atomic E-state index is -0.630. The SMILES string of the molecule is CCOC(=O)/C(=C\COC(=O)c1ccccc1)COC(=O)c1ccccc1. The molecule has 0 aliphatic rings. The van der Waals surface area contributed by atoms with Gasteiger partial charge in [-0.25, -0.2) is 14.4 Å². The van der Waals surface area contributed by atoms with Gasteiger partial charge in [0.15, 0.2) is 0 Å². The van der Waals surface area contributed by atoms with Crippen LogP contribution in [0.4, 0.5) is 0 Å². The number of benzene rings is 2. The summed E-state index contributed by atoms with van der Waals surface area (Å²) in [4.78, 5) is 35.9. The summed E-state index contributed by atoms with van der Waals surface area (Å²) in [5.41, 5.74) is 0.872. The van der Waals surface area contributed by atoms with E-state index in [1.54, 1.807) is 67.6 Å². The lowest BCUT2D eigenvalue weighted by atomic mass is 10.2. The number of hydrogen-bond donors (Lipinski definition) is 0. The monoisotopic (exact) mass is 368 g/mol. The van der Waals surface area contributed by atoms with Crippen molar-refractivity contribution in [3.8, 4) is 0 Å². The molecule has 2 aromatic carbocycles. The number of esters is 3. The zero-order valence-electron chi connectivity index (χ0n) is 14.9. The number of ether oxygens (including phenoxy) is 3. The van der Waals surface area contributed by atoms with Gasteiger partial charge in [-0.1, -0.05) is 36.4 Å². The molecule has 0 aliphatic heterocycles. The second-order valence-electron chi connectivity index (χ2n) is 5.36. The first-order valence-corrected chi connectivity index (χ1v) is 8.42. The zero-order chi connectivity index (χ0) is 19.5. The van der Waals surface area contributed by atoms with Crippen molar-refractivity contribution < 1.29 is 28.6 Å². The van der Waals surface area contributed by atoms with Crippen molar-refractivity contribution in [3.63, 3.8) is 0 Å². The third-order valence-corrected chi connectivity index (χ3v) is 3.46. The maximum atomic E-state index is 12.0. The molecule has 0 atom stereocenters. The molecule has 0 saturated carbocycles. The molecule has 140 valence electrons. The molecule has 0 heterocycles. The molecule has 0 unspecified atom stereocenters. The standard InChI is InChI=1S/C21H20O6/c1-2-25-21(24)18(15-27-20(23)17-11-7-4-8-12-17)13-14-26-19(22)16-9-5-3-6-10-16/h3-13H,2,14-15H2,1H3/b18-13-. The quantitative estimate of drug-likeness (QED) is 0.404. The van der Waals surface area contributed by atoms with Crippen LogP contribution in [-0.2, 0) is 19.0 Å². The normalized spacial score (nSPS) is 10.8. The Kier molecular flexibility index (Phi) is 7.78. The van der Waals surface area contributed by atoms with Crippen molar-refractivity contribution in [2.75, 3.05) is 19.8 Å². The van der Waals surface area contributed by atoms with Crippen LogP contribution in [0.3, 0.4) is 0 Å².